The molecule has 2 atom stereocenters. The maximum Gasteiger partial charge on any atom is 0.170 e. The van der Waals surface area contributed by atoms with Gasteiger partial charge in [-0.2, -0.15) is 4.68 Å². The fraction of sp³-hybridized carbons (Fsp3) is 0.500. The number of rotatable bonds is 5. The normalized spacial score (nSPS) is 22.8. The number of hydrogen-bond acceptors (Lipinski definition) is 6. The summed E-state index contributed by atoms with van der Waals surface area (Å²) in [5, 5.41) is 21.4. The number of benzene rings is 1. The third kappa shape index (κ3) is 2.94. The van der Waals surface area contributed by atoms with E-state index in [2.05, 4.69) is 20.4 Å². The van der Waals surface area contributed by atoms with Gasteiger partial charge < -0.3 is 9.84 Å². The van der Waals surface area contributed by atoms with E-state index < -0.39 is 0 Å². The van der Waals surface area contributed by atoms with Crippen molar-refractivity contribution in [2.75, 3.05) is 20.3 Å². The van der Waals surface area contributed by atoms with Gasteiger partial charge in [0.2, 0.25) is 0 Å². The SMILES string of the molecule is CO[C@H]1C[C@@H](CO)N(Cc2nnnn2-c2ccccc2)C1. The summed E-state index contributed by atoms with van der Waals surface area (Å²) in [6, 6.07) is 9.88. The van der Waals surface area contributed by atoms with E-state index in [0.29, 0.717) is 6.54 Å². The van der Waals surface area contributed by atoms with E-state index in [1.165, 1.54) is 0 Å². The number of likely N-dealkylation sites (tertiary alicyclic amines) is 1. The minimum absolute atomic E-state index is 0.0934. The summed E-state index contributed by atoms with van der Waals surface area (Å²) in [5.41, 5.74) is 0.931. The predicted molar refractivity (Wildman–Crippen MR) is 75.9 cm³/mol. The maximum atomic E-state index is 9.51. The zero-order valence-corrected chi connectivity index (χ0v) is 12.0. The number of para-hydroxylation sites is 1. The summed E-state index contributed by atoms with van der Waals surface area (Å²) in [6.45, 7) is 1.49. The van der Waals surface area contributed by atoms with Crippen LogP contribution in [-0.4, -0.2) is 62.6 Å². The Bertz CT molecular complexity index is 574. The van der Waals surface area contributed by atoms with Crippen LogP contribution >= 0.6 is 0 Å². The van der Waals surface area contributed by atoms with Crippen LogP contribution in [0.4, 0.5) is 0 Å². The Hall–Kier alpha value is -1.83. The maximum absolute atomic E-state index is 9.51. The third-order valence-corrected chi connectivity index (χ3v) is 3.91. The molecular formula is C14H19N5O2. The third-order valence-electron chi connectivity index (χ3n) is 3.91. The molecule has 0 bridgehead atoms. The molecule has 7 heteroatoms. The average molecular weight is 289 g/mol. The summed E-state index contributed by atoms with van der Waals surface area (Å²) >= 11 is 0. The van der Waals surface area contributed by atoms with Crippen molar-refractivity contribution in [2.45, 2.75) is 25.1 Å². The molecule has 1 saturated heterocycles. The molecule has 1 aliphatic heterocycles. The average Bonchev–Trinajstić information content (AvgIpc) is 3.15. The monoisotopic (exact) mass is 289 g/mol. The zero-order valence-electron chi connectivity index (χ0n) is 12.0. The topological polar surface area (TPSA) is 76.3 Å². The van der Waals surface area contributed by atoms with Crippen LogP contribution in [0.15, 0.2) is 30.3 Å². The molecule has 0 radical (unpaired) electrons. The Kier molecular flexibility index (Phi) is 4.23. The van der Waals surface area contributed by atoms with Crippen molar-refractivity contribution in [2.24, 2.45) is 0 Å². The number of aliphatic hydroxyl groups is 1. The van der Waals surface area contributed by atoms with E-state index in [1.807, 2.05) is 30.3 Å². The summed E-state index contributed by atoms with van der Waals surface area (Å²) in [5.74, 6) is 0.761. The lowest BCUT2D eigenvalue weighted by atomic mass is 10.2. The van der Waals surface area contributed by atoms with Crippen molar-refractivity contribution in [3.63, 3.8) is 0 Å². The Morgan fingerprint density at radius 2 is 2.14 bits per heavy atom. The Morgan fingerprint density at radius 1 is 1.33 bits per heavy atom. The molecule has 3 rings (SSSR count). The summed E-state index contributed by atoms with van der Waals surface area (Å²) in [4.78, 5) is 2.17. The van der Waals surface area contributed by atoms with Gasteiger partial charge in [-0.15, -0.1) is 5.10 Å². The summed E-state index contributed by atoms with van der Waals surface area (Å²) in [6.07, 6.45) is 0.989. The van der Waals surface area contributed by atoms with Gasteiger partial charge in [0.05, 0.1) is 24.9 Å². The lowest BCUT2D eigenvalue weighted by Gasteiger charge is -2.21. The molecule has 0 amide bonds. The highest BCUT2D eigenvalue weighted by atomic mass is 16.5. The van der Waals surface area contributed by atoms with Crippen molar-refractivity contribution >= 4 is 0 Å². The summed E-state index contributed by atoms with van der Waals surface area (Å²) in [7, 11) is 1.70. The van der Waals surface area contributed by atoms with Crippen LogP contribution < -0.4 is 0 Å². The van der Waals surface area contributed by atoms with E-state index in [-0.39, 0.29) is 18.8 Å². The molecule has 1 aromatic heterocycles. The van der Waals surface area contributed by atoms with Gasteiger partial charge in [0.1, 0.15) is 0 Å². The van der Waals surface area contributed by atoms with E-state index in [1.54, 1.807) is 11.8 Å². The Balaban J connectivity index is 1.78. The van der Waals surface area contributed by atoms with E-state index in [4.69, 9.17) is 4.74 Å². The Labute approximate surface area is 123 Å². The van der Waals surface area contributed by atoms with Crippen molar-refractivity contribution in [1.82, 2.24) is 25.1 Å². The fourth-order valence-corrected chi connectivity index (χ4v) is 2.75. The second kappa shape index (κ2) is 6.30. The van der Waals surface area contributed by atoms with Crippen LogP contribution in [0.3, 0.4) is 0 Å². The first kappa shape index (κ1) is 14.1. The van der Waals surface area contributed by atoms with Gasteiger partial charge >= 0.3 is 0 Å². The Morgan fingerprint density at radius 3 is 2.86 bits per heavy atom. The molecule has 1 aliphatic rings. The van der Waals surface area contributed by atoms with Crippen molar-refractivity contribution < 1.29 is 9.84 Å². The fourth-order valence-electron chi connectivity index (χ4n) is 2.75. The molecule has 1 fully saturated rings. The molecule has 0 aliphatic carbocycles. The number of ether oxygens (including phenoxy) is 1. The second-order valence-corrected chi connectivity index (χ2v) is 5.20. The first-order valence-electron chi connectivity index (χ1n) is 7.02. The van der Waals surface area contributed by atoms with Crippen molar-refractivity contribution in [3.8, 4) is 5.69 Å². The van der Waals surface area contributed by atoms with Crippen molar-refractivity contribution in [1.29, 1.82) is 0 Å². The molecule has 112 valence electrons. The number of aromatic nitrogens is 4. The quantitative estimate of drug-likeness (QED) is 0.850. The van der Waals surface area contributed by atoms with E-state index in [9.17, 15) is 5.11 Å². The van der Waals surface area contributed by atoms with Gasteiger partial charge in [-0.25, -0.2) is 0 Å². The number of methoxy groups -OCH3 is 1. The van der Waals surface area contributed by atoms with Gasteiger partial charge in [0, 0.05) is 19.7 Å². The van der Waals surface area contributed by atoms with Gasteiger partial charge in [-0.05, 0) is 29.0 Å². The molecule has 2 aromatic rings. The van der Waals surface area contributed by atoms with Crippen LogP contribution in [0, 0.1) is 0 Å². The van der Waals surface area contributed by atoms with Gasteiger partial charge in [-0.1, -0.05) is 18.2 Å². The lowest BCUT2D eigenvalue weighted by Crippen LogP contribution is -2.33. The van der Waals surface area contributed by atoms with Crippen LogP contribution in [0.25, 0.3) is 5.69 Å². The summed E-state index contributed by atoms with van der Waals surface area (Å²) < 4.78 is 7.13. The molecule has 1 N–H and O–H groups in total. The molecule has 0 unspecified atom stereocenters. The highest BCUT2D eigenvalue weighted by molar-refractivity contribution is 5.30. The number of tetrazole rings is 1. The minimum atomic E-state index is 0.0934. The molecule has 1 aromatic carbocycles. The second-order valence-electron chi connectivity index (χ2n) is 5.20. The highest BCUT2D eigenvalue weighted by Crippen LogP contribution is 2.22. The van der Waals surface area contributed by atoms with Crippen LogP contribution in [0.5, 0.6) is 0 Å². The molecule has 0 saturated carbocycles. The molecule has 0 spiro atoms. The smallest absolute Gasteiger partial charge is 0.170 e. The molecular weight excluding hydrogens is 270 g/mol. The van der Waals surface area contributed by atoms with E-state index >= 15 is 0 Å². The van der Waals surface area contributed by atoms with E-state index in [0.717, 1.165) is 24.5 Å². The van der Waals surface area contributed by atoms with Crippen LogP contribution in [-0.2, 0) is 11.3 Å². The predicted octanol–water partition coefficient (Wildman–Crippen LogP) is 0.244. The van der Waals surface area contributed by atoms with Crippen LogP contribution in [0.2, 0.25) is 0 Å². The molecule has 2 heterocycles. The number of hydrogen-bond donors (Lipinski definition) is 1. The van der Waals surface area contributed by atoms with Crippen LogP contribution in [0.1, 0.15) is 12.2 Å². The minimum Gasteiger partial charge on any atom is -0.395 e. The van der Waals surface area contributed by atoms with Gasteiger partial charge in [0.25, 0.3) is 0 Å². The lowest BCUT2D eigenvalue weighted by molar-refractivity contribution is 0.106. The van der Waals surface area contributed by atoms with Gasteiger partial charge in [0.15, 0.2) is 5.82 Å². The number of aliphatic hydroxyl groups excluding tert-OH is 1. The molecule has 21 heavy (non-hydrogen) atoms. The highest BCUT2D eigenvalue weighted by Gasteiger charge is 2.32. The zero-order chi connectivity index (χ0) is 14.7. The van der Waals surface area contributed by atoms with Gasteiger partial charge in [-0.3, -0.25) is 4.90 Å². The first-order chi connectivity index (χ1) is 10.3. The number of nitrogens with zero attached hydrogens (tertiary/aromatic N) is 5. The first-order valence-corrected chi connectivity index (χ1v) is 7.02. The largest absolute Gasteiger partial charge is 0.395 e. The standard InChI is InChI=1S/C14H19N5O2/c1-21-13-7-12(10-20)18(8-13)9-14-15-16-17-19(14)11-5-3-2-4-6-11/h2-6,12-13,20H,7-10H2,1H3/t12-,13-/m0/s1. The molecule has 7 nitrogen and oxygen atoms in total. The van der Waals surface area contributed by atoms with Crippen molar-refractivity contribution in [3.05, 3.63) is 36.2 Å².